The van der Waals surface area contributed by atoms with Gasteiger partial charge in [-0.3, -0.25) is 4.79 Å². The molecule has 2 aliphatic rings. The zero-order chi connectivity index (χ0) is 16.6. The molecule has 1 aliphatic carbocycles. The van der Waals surface area contributed by atoms with E-state index >= 15 is 0 Å². The van der Waals surface area contributed by atoms with Gasteiger partial charge < -0.3 is 20.1 Å². The molecule has 1 fully saturated rings. The van der Waals surface area contributed by atoms with Crippen molar-refractivity contribution in [2.75, 3.05) is 0 Å². The van der Waals surface area contributed by atoms with Gasteiger partial charge in [0.15, 0.2) is 0 Å². The lowest BCUT2D eigenvalue weighted by molar-refractivity contribution is -0.140. The van der Waals surface area contributed by atoms with Gasteiger partial charge in [-0.2, -0.15) is 0 Å². The SMILES string of the molecule is Cc1c(C(=O)NC(C(=O)O)C2CCCC2)ccc2c1B(O)OC2. The molecule has 6 nitrogen and oxygen atoms in total. The lowest BCUT2D eigenvalue weighted by atomic mass is 9.75. The predicted molar refractivity (Wildman–Crippen MR) is 84.4 cm³/mol. The molecule has 1 atom stereocenters. The molecule has 1 aliphatic heterocycles. The van der Waals surface area contributed by atoms with Crippen molar-refractivity contribution in [1.29, 1.82) is 0 Å². The van der Waals surface area contributed by atoms with Crippen LogP contribution in [-0.2, 0) is 16.1 Å². The first-order valence-electron chi connectivity index (χ1n) is 7.94. The highest BCUT2D eigenvalue weighted by atomic mass is 16.5. The highest BCUT2D eigenvalue weighted by Gasteiger charge is 2.34. The molecular formula is C16H20BNO5. The van der Waals surface area contributed by atoms with Crippen LogP contribution in [0.5, 0.6) is 0 Å². The van der Waals surface area contributed by atoms with Crippen LogP contribution in [0.2, 0.25) is 0 Å². The highest BCUT2D eigenvalue weighted by molar-refractivity contribution is 6.62. The van der Waals surface area contributed by atoms with Crippen molar-refractivity contribution < 1.29 is 24.4 Å². The predicted octanol–water partition coefficient (Wildman–Crippen LogP) is 0.586. The topological polar surface area (TPSA) is 95.9 Å². The Kier molecular flexibility index (Phi) is 4.41. The maximum atomic E-state index is 12.5. The number of rotatable bonds is 4. The van der Waals surface area contributed by atoms with Gasteiger partial charge in [-0.1, -0.05) is 18.9 Å². The van der Waals surface area contributed by atoms with Gasteiger partial charge in [0.25, 0.3) is 5.91 Å². The lowest BCUT2D eigenvalue weighted by Crippen LogP contribution is -2.46. The molecule has 1 aromatic carbocycles. The summed E-state index contributed by atoms with van der Waals surface area (Å²) in [7, 11) is -1.03. The first-order chi connectivity index (χ1) is 11.0. The van der Waals surface area contributed by atoms with E-state index in [4.69, 9.17) is 4.65 Å². The van der Waals surface area contributed by atoms with Crippen LogP contribution >= 0.6 is 0 Å². The van der Waals surface area contributed by atoms with Gasteiger partial charge in [-0.15, -0.1) is 0 Å². The minimum atomic E-state index is -1.03. The van der Waals surface area contributed by atoms with Gasteiger partial charge >= 0.3 is 13.1 Å². The van der Waals surface area contributed by atoms with Crippen LogP contribution in [0, 0.1) is 12.8 Å². The summed E-state index contributed by atoms with van der Waals surface area (Å²) in [5.74, 6) is -1.42. The van der Waals surface area contributed by atoms with Crippen molar-refractivity contribution in [3.8, 4) is 0 Å². The average Bonchev–Trinajstić information content (AvgIpc) is 3.15. The molecule has 122 valence electrons. The smallest absolute Gasteiger partial charge is 0.480 e. The zero-order valence-corrected chi connectivity index (χ0v) is 13.0. The van der Waals surface area contributed by atoms with Crippen molar-refractivity contribution in [2.24, 2.45) is 5.92 Å². The van der Waals surface area contributed by atoms with E-state index in [9.17, 15) is 19.7 Å². The molecule has 0 bridgehead atoms. The van der Waals surface area contributed by atoms with Gasteiger partial charge in [0, 0.05) is 5.56 Å². The fourth-order valence-electron chi connectivity index (χ4n) is 3.64. The van der Waals surface area contributed by atoms with Crippen LogP contribution in [0.3, 0.4) is 0 Å². The van der Waals surface area contributed by atoms with E-state index in [1.54, 1.807) is 19.1 Å². The fraction of sp³-hybridized carbons (Fsp3) is 0.500. The van der Waals surface area contributed by atoms with E-state index in [1.807, 2.05) is 0 Å². The maximum Gasteiger partial charge on any atom is 0.492 e. The Balaban J connectivity index is 1.83. The number of hydrogen-bond acceptors (Lipinski definition) is 4. The minimum absolute atomic E-state index is 0.0138. The number of carbonyl (C=O) groups is 2. The molecule has 3 rings (SSSR count). The van der Waals surface area contributed by atoms with Crippen LogP contribution in [0.25, 0.3) is 0 Å². The van der Waals surface area contributed by atoms with Crippen molar-refractivity contribution in [3.05, 3.63) is 28.8 Å². The Morgan fingerprint density at radius 1 is 1.35 bits per heavy atom. The second-order valence-electron chi connectivity index (χ2n) is 6.31. The average molecular weight is 317 g/mol. The summed E-state index contributed by atoms with van der Waals surface area (Å²) >= 11 is 0. The van der Waals surface area contributed by atoms with Crippen LogP contribution in [0.15, 0.2) is 12.1 Å². The molecule has 7 heteroatoms. The van der Waals surface area contributed by atoms with E-state index in [-0.39, 0.29) is 5.92 Å². The number of nitrogens with one attached hydrogen (secondary N) is 1. The number of carboxylic acids is 1. The zero-order valence-electron chi connectivity index (χ0n) is 13.0. The van der Waals surface area contributed by atoms with E-state index in [2.05, 4.69) is 5.32 Å². The highest BCUT2D eigenvalue weighted by Crippen LogP contribution is 2.28. The molecule has 0 aromatic heterocycles. The molecule has 1 saturated carbocycles. The molecule has 1 amide bonds. The fourth-order valence-corrected chi connectivity index (χ4v) is 3.64. The molecular weight excluding hydrogens is 297 g/mol. The van der Waals surface area contributed by atoms with Crippen molar-refractivity contribution in [3.63, 3.8) is 0 Å². The Morgan fingerprint density at radius 2 is 2.04 bits per heavy atom. The number of aliphatic carboxylic acids is 1. The molecule has 0 spiro atoms. The number of hydrogen-bond donors (Lipinski definition) is 3. The van der Waals surface area contributed by atoms with Gasteiger partial charge in [-0.05, 0) is 48.3 Å². The van der Waals surface area contributed by atoms with Crippen LogP contribution in [0.1, 0.15) is 47.2 Å². The minimum Gasteiger partial charge on any atom is -0.480 e. The summed E-state index contributed by atoms with van der Waals surface area (Å²) in [4.78, 5) is 24.0. The number of carboxylic acid groups (broad SMARTS) is 1. The summed E-state index contributed by atoms with van der Waals surface area (Å²) in [6.45, 7) is 2.07. The third-order valence-corrected chi connectivity index (χ3v) is 4.92. The normalized spacial score (nSPS) is 18.8. The summed E-state index contributed by atoms with van der Waals surface area (Å²) in [5.41, 5.74) is 2.50. The Hall–Kier alpha value is -1.86. The second kappa shape index (κ2) is 6.33. The first-order valence-corrected chi connectivity index (χ1v) is 7.94. The van der Waals surface area contributed by atoms with Crippen molar-refractivity contribution >= 4 is 24.5 Å². The molecule has 1 unspecified atom stereocenters. The summed E-state index contributed by atoms with van der Waals surface area (Å²) in [5, 5.41) is 21.9. The first kappa shape index (κ1) is 16.0. The van der Waals surface area contributed by atoms with Gasteiger partial charge in [0.2, 0.25) is 0 Å². The van der Waals surface area contributed by atoms with Gasteiger partial charge in [-0.25, -0.2) is 4.79 Å². The summed E-state index contributed by atoms with van der Waals surface area (Å²) in [6, 6.07) is 2.55. The van der Waals surface area contributed by atoms with E-state index in [0.29, 0.717) is 23.2 Å². The van der Waals surface area contributed by atoms with Gasteiger partial charge in [0.05, 0.1) is 6.61 Å². The van der Waals surface area contributed by atoms with Gasteiger partial charge in [0.1, 0.15) is 6.04 Å². The molecule has 0 saturated heterocycles. The molecule has 0 radical (unpaired) electrons. The number of fused-ring (bicyclic) bond motifs is 1. The Labute approximate surface area is 135 Å². The van der Waals surface area contributed by atoms with Crippen LogP contribution < -0.4 is 10.8 Å². The molecule has 3 N–H and O–H groups in total. The summed E-state index contributed by atoms with van der Waals surface area (Å²) < 4.78 is 5.17. The largest absolute Gasteiger partial charge is 0.492 e. The number of amides is 1. The second-order valence-corrected chi connectivity index (χ2v) is 6.31. The quantitative estimate of drug-likeness (QED) is 0.706. The number of benzene rings is 1. The third kappa shape index (κ3) is 2.98. The maximum absolute atomic E-state index is 12.5. The van der Waals surface area contributed by atoms with Crippen molar-refractivity contribution in [2.45, 2.75) is 45.3 Å². The molecule has 1 heterocycles. The third-order valence-electron chi connectivity index (χ3n) is 4.92. The lowest BCUT2D eigenvalue weighted by Gasteiger charge is -2.21. The van der Waals surface area contributed by atoms with Crippen molar-refractivity contribution in [1.82, 2.24) is 5.32 Å². The van der Waals surface area contributed by atoms with Crippen LogP contribution in [0.4, 0.5) is 0 Å². The van der Waals surface area contributed by atoms with E-state index in [0.717, 1.165) is 31.2 Å². The molecule has 23 heavy (non-hydrogen) atoms. The monoisotopic (exact) mass is 317 g/mol. The van der Waals surface area contributed by atoms with E-state index in [1.165, 1.54) is 0 Å². The van der Waals surface area contributed by atoms with E-state index < -0.39 is 25.0 Å². The van der Waals surface area contributed by atoms with Crippen LogP contribution in [-0.4, -0.2) is 35.2 Å². The Morgan fingerprint density at radius 3 is 2.70 bits per heavy atom. The standard InChI is InChI=1S/C16H20BNO5/c1-9-12(7-6-11-8-23-17(22)13(9)11)15(19)18-14(16(20)21)10-4-2-3-5-10/h6-7,10,14,22H,2-5,8H2,1H3,(H,18,19)(H,20,21). The Bertz CT molecular complexity index is 642. The molecule has 1 aromatic rings. The number of carbonyl (C=O) groups excluding carboxylic acids is 1. The summed E-state index contributed by atoms with van der Waals surface area (Å²) in [6.07, 6.45) is 3.66.